The van der Waals surface area contributed by atoms with Crippen molar-refractivity contribution in [2.75, 3.05) is 0 Å². The summed E-state index contributed by atoms with van der Waals surface area (Å²) in [4.78, 5) is 5.22. The predicted octanol–water partition coefficient (Wildman–Crippen LogP) is 11.3. The highest BCUT2D eigenvalue weighted by Gasteiger charge is 2.22. The van der Waals surface area contributed by atoms with Crippen molar-refractivity contribution in [2.24, 2.45) is 0 Å². The fraction of sp³-hybridized carbons (Fsp3) is 0. The molecule has 0 aliphatic heterocycles. The minimum Gasteiger partial charge on any atom is -0.454 e. The van der Waals surface area contributed by atoms with Crippen molar-refractivity contribution >= 4 is 96.8 Å². The molecular formula is C37H20N2OS2. The zero-order chi connectivity index (χ0) is 27.4. The SMILES string of the molecule is c1ccc2c(c1)oc1c(-n3c4ccccc4c4ccccc43)ccc(-c3nc4ccc5sc6ccccc6c5c4s3)c12. The van der Waals surface area contributed by atoms with Gasteiger partial charge in [0.15, 0.2) is 5.58 Å². The van der Waals surface area contributed by atoms with Gasteiger partial charge >= 0.3 is 0 Å². The minimum absolute atomic E-state index is 0.880. The Morgan fingerprint density at radius 3 is 2.05 bits per heavy atom. The molecule has 10 rings (SSSR count). The van der Waals surface area contributed by atoms with E-state index in [4.69, 9.17) is 9.40 Å². The monoisotopic (exact) mass is 572 g/mol. The van der Waals surface area contributed by atoms with Gasteiger partial charge in [-0.2, -0.15) is 0 Å². The van der Waals surface area contributed by atoms with Crippen LogP contribution in [0.1, 0.15) is 0 Å². The summed E-state index contributed by atoms with van der Waals surface area (Å²) in [5, 5.41) is 8.31. The maximum absolute atomic E-state index is 6.71. The fourth-order valence-electron chi connectivity index (χ4n) is 6.66. The Balaban J connectivity index is 1.31. The van der Waals surface area contributed by atoms with E-state index in [1.165, 1.54) is 46.7 Å². The van der Waals surface area contributed by atoms with Crippen LogP contribution in [-0.2, 0) is 0 Å². The first-order chi connectivity index (χ1) is 20.8. The smallest absolute Gasteiger partial charge is 0.160 e. The van der Waals surface area contributed by atoms with E-state index in [0.29, 0.717) is 0 Å². The maximum atomic E-state index is 6.71. The first-order valence-corrected chi connectivity index (χ1v) is 15.6. The molecule has 0 amide bonds. The third kappa shape index (κ3) is 2.96. The number of benzene rings is 6. The Morgan fingerprint density at radius 2 is 1.24 bits per heavy atom. The third-order valence-electron chi connectivity index (χ3n) is 8.45. The lowest BCUT2D eigenvalue weighted by atomic mass is 10.1. The van der Waals surface area contributed by atoms with Gasteiger partial charge in [0.25, 0.3) is 0 Å². The van der Waals surface area contributed by atoms with E-state index in [1.54, 1.807) is 11.3 Å². The second-order valence-electron chi connectivity index (χ2n) is 10.7. The Bertz CT molecular complexity index is 2650. The number of aromatic nitrogens is 2. The number of thiazole rings is 1. The predicted molar refractivity (Wildman–Crippen MR) is 180 cm³/mol. The van der Waals surface area contributed by atoms with E-state index in [9.17, 15) is 0 Å². The summed E-state index contributed by atoms with van der Waals surface area (Å²) >= 11 is 3.63. The quantitative estimate of drug-likeness (QED) is 0.206. The van der Waals surface area contributed by atoms with Gasteiger partial charge in [0, 0.05) is 47.3 Å². The Labute approximate surface area is 247 Å². The number of thiophene rings is 1. The summed E-state index contributed by atoms with van der Waals surface area (Å²) < 4.78 is 12.9. The van der Waals surface area contributed by atoms with Gasteiger partial charge in [-0.25, -0.2) is 4.98 Å². The van der Waals surface area contributed by atoms with Crippen LogP contribution in [0.25, 0.3) is 90.4 Å². The number of hydrogen-bond acceptors (Lipinski definition) is 4. The van der Waals surface area contributed by atoms with Gasteiger partial charge in [-0.3, -0.25) is 0 Å². The summed E-state index contributed by atoms with van der Waals surface area (Å²) in [6.07, 6.45) is 0. The van der Waals surface area contributed by atoms with Crippen LogP contribution >= 0.6 is 22.7 Å². The van der Waals surface area contributed by atoms with Gasteiger partial charge < -0.3 is 8.98 Å². The minimum atomic E-state index is 0.880. The Morgan fingerprint density at radius 1 is 0.548 bits per heavy atom. The van der Waals surface area contributed by atoms with Crippen molar-refractivity contribution in [3.05, 3.63) is 121 Å². The lowest BCUT2D eigenvalue weighted by Gasteiger charge is -2.10. The molecule has 6 aromatic carbocycles. The molecule has 0 aliphatic carbocycles. The molecule has 0 spiro atoms. The third-order valence-corrected chi connectivity index (χ3v) is 10.7. The average molecular weight is 573 g/mol. The second-order valence-corrected chi connectivity index (χ2v) is 12.8. The van der Waals surface area contributed by atoms with Gasteiger partial charge in [0.05, 0.1) is 26.9 Å². The fourth-order valence-corrected chi connectivity index (χ4v) is 9.00. The van der Waals surface area contributed by atoms with Crippen LogP contribution in [0.3, 0.4) is 0 Å². The lowest BCUT2D eigenvalue weighted by Crippen LogP contribution is -1.95. The highest BCUT2D eigenvalue weighted by molar-refractivity contribution is 7.28. The average Bonchev–Trinajstić information content (AvgIpc) is 3.80. The van der Waals surface area contributed by atoms with E-state index in [-0.39, 0.29) is 0 Å². The summed E-state index contributed by atoms with van der Waals surface area (Å²) in [7, 11) is 0. The molecule has 42 heavy (non-hydrogen) atoms. The molecule has 0 saturated heterocycles. The summed E-state index contributed by atoms with van der Waals surface area (Å²) in [6, 6.07) is 43.1. The number of rotatable bonds is 2. The van der Waals surface area contributed by atoms with Gasteiger partial charge in [-0.15, -0.1) is 22.7 Å². The lowest BCUT2D eigenvalue weighted by molar-refractivity contribution is 0.666. The molecule has 0 aliphatic rings. The van der Waals surface area contributed by atoms with Crippen LogP contribution in [0.4, 0.5) is 0 Å². The molecule has 0 fully saturated rings. The van der Waals surface area contributed by atoms with E-state index in [0.717, 1.165) is 43.7 Å². The zero-order valence-corrected chi connectivity index (χ0v) is 23.8. The molecule has 0 saturated carbocycles. The molecule has 0 atom stereocenters. The van der Waals surface area contributed by atoms with E-state index in [1.807, 2.05) is 17.4 Å². The van der Waals surface area contributed by atoms with Crippen molar-refractivity contribution in [3.63, 3.8) is 0 Å². The van der Waals surface area contributed by atoms with Crippen LogP contribution in [0.5, 0.6) is 0 Å². The summed E-state index contributed by atoms with van der Waals surface area (Å²) in [5.74, 6) is 0. The van der Waals surface area contributed by atoms with Crippen LogP contribution in [0.15, 0.2) is 126 Å². The van der Waals surface area contributed by atoms with Crippen LogP contribution in [-0.4, -0.2) is 9.55 Å². The van der Waals surface area contributed by atoms with E-state index in [2.05, 4.69) is 120 Å². The molecule has 4 aromatic heterocycles. The standard InChI is InChI=1S/C37H20N2OS2/c1-5-13-27-21(9-1)22-10-2-6-14-28(22)39(27)29-19-17-25(33-23-11-3-7-15-30(23)40-35(29)33)37-38-26-18-20-32-34(36(26)42-37)24-12-4-8-16-31(24)41-32/h1-20H. The molecule has 0 radical (unpaired) electrons. The van der Waals surface area contributed by atoms with Crippen molar-refractivity contribution in [2.45, 2.75) is 0 Å². The normalized spacial score (nSPS) is 12.3. The Hall–Kier alpha value is -4.97. The Kier molecular flexibility index (Phi) is 4.48. The van der Waals surface area contributed by atoms with Crippen LogP contribution in [0.2, 0.25) is 0 Å². The van der Waals surface area contributed by atoms with E-state index < -0.39 is 0 Å². The van der Waals surface area contributed by atoms with Crippen LogP contribution < -0.4 is 0 Å². The molecule has 0 bridgehead atoms. The number of nitrogens with zero attached hydrogens (tertiary/aromatic N) is 2. The van der Waals surface area contributed by atoms with Crippen LogP contribution in [0, 0.1) is 0 Å². The summed E-state index contributed by atoms with van der Waals surface area (Å²) in [6.45, 7) is 0. The second kappa shape index (κ2) is 8.29. The summed E-state index contributed by atoms with van der Waals surface area (Å²) in [5.41, 5.74) is 7.28. The highest BCUT2D eigenvalue weighted by atomic mass is 32.1. The van der Waals surface area contributed by atoms with Crippen molar-refractivity contribution < 1.29 is 4.42 Å². The van der Waals surface area contributed by atoms with Crippen molar-refractivity contribution in [1.29, 1.82) is 0 Å². The number of fused-ring (bicyclic) bond motifs is 11. The molecule has 3 nitrogen and oxygen atoms in total. The molecule has 10 aromatic rings. The largest absolute Gasteiger partial charge is 0.454 e. The van der Waals surface area contributed by atoms with Gasteiger partial charge in [-0.1, -0.05) is 72.8 Å². The van der Waals surface area contributed by atoms with Crippen molar-refractivity contribution in [3.8, 4) is 16.3 Å². The molecule has 4 heterocycles. The molecule has 0 N–H and O–H groups in total. The number of hydrogen-bond donors (Lipinski definition) is 0. The first kappa shape index (κ1) is 22.7. The molecule has 0 unspecified atom stereocenters. The van der Waals surface area contributed by atoms with E-state index >= 15 is 0 Å². The van der Waals surface area contributed by atoms with Crippen molar-refractivity contribution in [1.82, 2.24) is 9.55 Å². The number of furan rings is 1. The maximum Gasteiger partial charge on any atom is 0.160 e. The van der Waals surface area contributed by atoms with Gasteiger partial charge in [0.1, 0.15) is 10.6 Å². The highest BCUT2D eigenvalue weighted by Crippen LogP contribution is 2.46. The molecular weight excluding hydrogens is 553 g/mol. The zero-order valence-electron chi connectivity index (χ0n) is 22.2. The van der Waals surface area contributed by atoms with Gasteiger partial charge in [-0.05, 0) is 48.5 Å². The number of para-hydroxylation sites is 3. The topological polar surface area (TPSA) is 31.0 Å². The molecule has 196 valence electrons. The van der Waals surface area contributed by atoms with Gasteiger partial charge in [0.2, 0.25) is 0 Å². The molecule has 5 heteroatoms. The first-order valence-electron chi connectivity index (χ1n) is 14.0.